The van der Waals surface area contributed by atoms with Crippen molar-refractivity contribution in [1.82, 2.24) is 5.32 Å². The first-order valence-electron chi connectivity index (χ1n) is 6.11. The SMILES string of the molecule is CC1(NC2CCC2C(=O)O)CCCCC1. The van der Waals surface area contributed by atoms with Crippen LogP contribution in [0.2, 0.25) is 0 Å². The highest BCUT2D eigenvalue weighted by molar-refractivity contribution is 5.72. The molecule has 0 amide bonds. The van der Waals surface area contributed by atoms with E-state index < -0.39 is 5.97 Å². The maximum absolute atomic E-state index is 10.9. The summed E-state index contributed by atoms with van der Waals surface area (Å²) in [6, 6.07) is 0.227. The summed E-state index contributed by atoms with van der Waals surface area (Å²) < 4.78 is 0. The zero-order chi connectivity index (χ0) is 10.9. The third-order valence-electron chi connectivity index (χ3n) is 4.08. The summed E-state index contributed by atoms with van der Waals surface area (Å²) in [5.41, 5.74) is 0.205. The summed E-state index contributed by atoms with van der Waals surface area (Å²) >= 11 is 0. The Morgan fingerprint density at radius 3 is 2.40 bits per heavy atom. The zero-order valence-corrected chi connectivity index (χ0v) is 9.46. The van der Waals surface area contributed by atoms with Gasteiger partial charge in [0.25, 0.3) is 0 Å². The Morgan fingerprint density at radius 2 is 1.93 bits per heavy atom. The maximum atomic E-state index is 10.9. The van der Waals surface area contributed by atoms with Crippen LogP contribution >= 0.6 is 0 Å². The Bertz CT molecular complexity index is 246. The number of hydrogen-bond acceptors (Lipinski definition) is 2. The van der Waals surface area contributed by atoms with Gasteiger partial charge in [-0.05, 0) is 32.6 Å². The van der Waals surface area contributed by atoms with Gasteiger partial charge in [0.05, 0.1) is 5.92 Å². The molecular formula is C12H21NO2. The van der Waals surface area contributed by atoms with Gasteiger partial charge < -0.3 is 10.4 Å². The van der Waals surface area contributed by atoms with Crippen molar-refractivity contribution in [3.05, 3.63) is 0 Å². The summed E-state index contributed by atoms with van der Waals surface area (Å²) in [6.45, 7) is 2.25. The molecule has 0 spiro atoms. The molecule has 2 N–H and O–H groups in total. The molecule has 2 atom stereocenters. The molecule has 2 unspecified atom stereocenters. The fraction of sp³-hybridized carbons (Fsp3) is 0.917. The molecule has 2 aliphatic carbocycles. The second-order valence-electron chi connectivity index (χ2n) is 5.39. The molecule has 0 aromatic heterocycles. The van der Waals surface area contributed by atoms with Crippen LogP contribution in [0, 0.1) is 5.92 Å². The lowest BCUT2D eigenvalue weighted by Gasteiger charge is -2.44. The van der Waals surface area contributed by atoms with Crippen molar-refractivity contribution in [1.29, 1.82) is 0 Å². The number of aliphatic carboxylic acids is 1. The molecule has 3 nitrogen and oxygen atoms in total. The molecule has 0 aliphatic heterocycles. The van der Waals surface area contributed by atoms with Gasteiger partial charge in [-0.1, -0.05) is 19.3 Å². The second kappa shape index (κ2) is 4.12. The van der Waals surface area contributed by atoms with Crippen molar-refractivity contribution >= 4 is 5.97 Å². The highest BCUT2D eigenvalue weighted by Crippen LogP contribution is 2.34. The van der Waals surface area contributed by atoms with Crippen LogP contribution in [-0.2, 0) is 4.79 Å². The van der Waals surface area contributed by atoms with Gasteiger partial charge in [-0.25, -0.2) is 0 Å². The average Bonchev–Trinajstić information content (AvgIpc) is 2.13. The number of carboxylic acids is 1. The number of hydrogen-bond donors (Lipinski definition) is 2. The number of rotatable bonds is 3. The summed E-state index contributed by atoms with van der Waals surface area (Å²) in [4.78, 5) is 10.9. The van der Waals surface area contributed by atoms with Gasteiger partial charge in [-0.15, -0.1) is 0 Å². The van der Waals surface area contributed by atoms with E-state index in [4.69, 9.17) is 5.11 Å². The summed E-state index contributed by atoms with van der Waals surface area (Å²) in [6.07, 6.45) is 8.20. The minimum absolute atomic E-state index is 0.135. The summed E-state index contributed by atoms with van der Waals surface area (Å²) in [5.74, 6) is -0.762. The number of carbonyl (C=O) groups is 1. The Morgan fingerprint density at radius 1 is 1.27 bits per heavy atom. The molecule has 0 bridgehead atoms. The zero-order valence-electron chi connectivity index (χ0n) is 9.46. The first kappa shape index (κ1) is 10.9. The van der Waals surface area contributed by atoms with Gasteiger partial charge in [0.1, 0.15) is 0 Å². The molecule has 0 radical (unpaired) electrons. The lowest BCUT2D eigenvalue weighted by Crippen LogP contribution is -2.57. The van der Waals surface area contributed by atoms with Gasteiger partial charge in [-0.2, -0.15) is 0 Å². The van der Waals surface area contributed by atoms with Crippen LogP contribution in [0.25, 0.3) is 0 Å². The molecule has 2 aliphatic rings. The van der Waals surface area contributed by atoms with Crippen LogP contribution in [0.5, 0.6) is 0 Å². The Balaban J connectivity index is 1.88. The normalized spacial score (nSPS) is 34.5. The smallest absolute Gasteiger partial charge is 0.308 e. The minimum Gasteiger partial charge on any atom is -0.481 e. The third kappa shape index (κ3) is 2.33. The molecule has 0 saturated heterocycles. The van der Waals surface area contributed by atoms with E-state index in [1.165, 1.54) is 32.1 Å². The Labute approximate surface area is 91.2 Å². The molecular weight excluding hydrogens is 190 g/mol. The highest BCUT2D eigenvalue weighted by atomic mass is 16.4. The molecule has 15 heavy (non-hydrogen) atoms. The third-order valence-corrected chi connectivity index (χ3v) is 4.08. The van der Waals surface area contributed by atoms with Gasteiger partial charge in [0, 0.05) is 11.6 Å². The van der Waals surface area contributed by atoms with E-state index in [0.717, 1.165) is 12.8 Å². The molecule has 0 aromatic carbocycles. The number of nitrogens with one attached hydrogen (secondary N) is 1. The lowest BCUT2D eigenvalue weighted by molar-refractivity contribution is -0.146. The van der Waals surface area contributed by atoms with Gasteiger partial charge in [-0.3, -0.25) is 4.79 Å². The Hall–Kier alpha value is -0.570. The van der Waals surface area contributed by atoms with Crippen LogP contribution < -0.4 is 5.32 Å². The van der Waals surface area contributed by atoms with Crippen molar-refractivity contribution in [2.45, 2.75) is 63.5 Å². The summed E-state index contributed by atoms with van der Waals surface area (Å²) in [7, 11) is 0. The van der Waals surface area contributed by atoms with Crippen molar-refractivity contribution in [2.24, 2.45) is 5.92 Å². The maximum Gasteiger partial charge on any atom is 0.308 e. The molecule has 0 aromatic rings. The predicted octanol–water partition coefficient (Wildman–Crippen LogP) is 2.16. The lowest BCUT2D eigenvalue weighted by atomic mass is 9.75. The first-order chi connectivity index (χ1) is 7.11. The van der Waals surface area contributed by atoms with Crippen LogP contribution in [0.1, 0.15) is 51.9 Å². The molecule has 2 fully saturated rings. The van der Waals surface area contributed by atoms with E-state index in [1.54, 1.807) is 0 Å². The van der Waals surface area contributed by atoms with Crippen LogP contribution in [-0.4, -0.2) is 22.7 Å². The molecule has 2 rings (SSSR count). The largest absolute Gasteiger partial charge is 0.481 e. The molecule has 0 heterocycles. The van der Waals surface area contributed by atoms with E-state index in [2.05, 4.69) is 12.2 Å². The van der Waals surface area contributed by atoms with Crippen LogP contribution in [0.15, 0.2) is 0 Å². The van der Waals surface area contributed by atoms with Crippen molar-refractivity contribution in [3.8, 4) is 0 Å². The quantitative estimate of drug-likeness (QED) is 0.752. The van der Waals surface area contributed by atoms with E-state index in [9.17, 15) is 4.79 Å². The Kier molecular flexibility index (Phi) is 3.01. The second-order valence-corrected chi connectivity index (χ2v) is 5.39. The highest BCUT2D eigenvalue weighted by Gasteiger charge is 2.40. The van der Waals surface area contributed by atoms with Crippen LogP contribution in [0.3, 0.4) is 0 Å². The fourth-order valence-corrected chi connectivity index (χ4v) is 2.89. The van der Waals surface area contributed by atoms with Gasteiger partial charge >= 0.3 is 5.97 Å². The molecule has 3 heteroatoms. The van der Waals surface area contributed by atoms with E-state index in [0.29, 0.717) is 0 Å². The van der Waals surface area contributed by atoms with Gasteiger partial charge in [0.15, 0.2) is 0 Å². The minimum atomic E-state index is -0.627. The summed E-state index contributed by atoms with van der Waals surface area (Å²) in [5, 5.41) is 12.6. The van der Waals surface area contributed by atoms with E-state index >= 15 is 0 Å². The van der Waals surface area contributed by atoms with Gasteiger partial charge in [0.2, 0.25) is 0 Å². The van der Waals surface area contributed by atoms with Crippen LogP contribution in [0.4, 0.5) is 0 Å². The van der Waals surface area contributed by atoms with E-state index in [-0.39, 0.29) is 17.5 Å². The fourth-order valence-electron chi connectivity index (χ4n) is 2.89. The van der Waals surface area contributed by atoms with Crippen molar-refractivity contribution < 1.29 is 9.90 Å². The molecule has 2 saturated carbocycles. The van der Waals surface area contributed by atoms with E-state index in [1.807, 2.05) is 0 Å². The molecule has 86 valence electrons. The standard InChI is InChI=1S/C12H21NO2/c1-12(7-3-2-4-8-12)13-10-6-5-9(10)11(14)15/h9-10,13H,2-8H2,1H3,(H,14,15). The van der Waals surface area contributed by atoms with Crippen molar-refractivity contribution in [2.75, 3.05) is 0 Å². The topological polar surface area (TPSA) is 49.3 Å². The van der Waals surface area contributed by atoms with Crippen molar-refractivity contribution in [3.63, 3.8) is 0 Å². The monoisotopic (exact) mass is 211 g/mol. The number of carboxylic acid groups (broad SMARTS) is 1. The predicted molar refractivity (Wildman–Crippen MR) is 58.8 cm³/mol. The first-order valence-corrected chi connectivity index (χ1v) is 6.11. The average molecular weight is 211 g/mol.